The van der Waals surface area contributed by atoms with Crippen molar-refractivity contribution in [1.29, 1.82) is 0 Å². The van der Waals surface area contributed by atoms with Gasteiger partial charge in [-0.3, -0.25) is 9.59 Å². The molecule has 26 heavy (non-hydrogen) atoms. The lowest BCUT2D eigenvalue weighted by molar-refractivity contribution is -0.125. The molecular weight excluding hydrogens is 324 g/mol. The van der Waals surface area contributed by atoms with Gasteiger partial charge in [-0.25, -0.2) is 0 Å². The van der Waals surface area contributed by atoms with E-state index in [4.69, 9.17) is 0 Å². The second kappa shape index (κ2) is 8.65. The van der Waals surface area contributed by atoms with Gasteiger partial charge in [-0.1, -0.05) is 44.2 Å². The molecule has 0 fully saturated rings. The van der Waals surface area contributed by atoms with Crippen molar-refractivity contribution >= 4 is 23.2 Å². The third kappa shape index (κ3) is 4.72. The lowest BCUT2D eigenvalue weighted by Gasteiger charge is -2.22. The van der Waals surface area contributed by atoms with Crippen molar-refractivity contribution in [3.63, 3.8) is 0 Å². The molecule has 0 bridgehead atoms. The molecule has 2 rings (SSSR count). The number of hydrogen-bond donors (Lipinski definition) is 1. The Labute approximate surface area is 156 Å². The number of hydrogen-bond acceptors (Lipinski definition) is 2. The molecule has 4 heteroatoms. The van der Waals surface area contributed by atoms with E-state index in [0.29, 0.717) is 12.5 Å². The van der Waals surface area contributed by atoms with Crippen LogP contribution < -0.4 is 10.2 Å². The van der Waals surface area contributed by atoms with Crippen LogP contribution in [0.5, 0.6) is 0 Å². The summed E-state index contributed by atoms with van der Waals surface area (Å²) in [5, 5.41) is 2.95. The van der Waals surface area contributed by atoms with E-state index in [-0.39, 0.29) is 18.2 Å². The van der Waals surface area contributed by atoms with Crippen LogP contribution in [0.25, 0.3) is 0 Å². The van der Waals surface area contributed by atoms with Crippen molar-refractivity contribution in [2.75, 3.05) is 16.8 Å². The number of aryl methyl sites for hydroxylation is 2. The Morgan fingerprint density at radius 2 is 1.77 bits per heavy atom. The van der Waals surface area contributed by atoms with Crippen molar-refractivity contribution in [1.82, 2.24) is 0 Å². The maximum absolute atomic E-state index is 12.7. The first-order valence-electron chi connectivity index (χ1n) is 9.09. The second-order valence-corrected chi connectivity index (χ2v) is 6.90. The summed E-state index contributed by atoms with van der Waals surface area (Å²) in [6, 6.07) is 13.7. The fourth-order valence-electron chi connectivity index (χ4n) is 3.06. The third-order valence-electron chi connectivity index (χ3n) is 4.43. The molecule has 0 unspecified atom stereocenters. The number of benzene rings is 2. The standard InChI is InChI=1S/C22H28N2O2/c1-6-24(18-11-7-9-16(4)13-18)21(26)14-20(25)23-22-17(5)10-8-12-19(22)15(2)3/h7-13,15H,6,14H2,1-5H3,(H,23,25). The molecule has 4 nitrogen and oxygen atoms in total. The first kappa shape index (κ1) is 19.7. The molecule has 138 valence electrons. The molecule has 2 aromatic rings. The molecular formula is C22H28N2O2. The molecule has 0 aliphatic carbocycles. The van der Waals surface area contributed by atoms with Crippen LogP contribution in [0.4, 0.5) is 11.4 Å². The summed E-state index contributed by atoms with van der Waals surface area (Å²) in [5.74, 6) is -0.187. The van der Waals surface area contributed by atoms with Crippen molar-refractivity contribution in [3.05, 3.63) is 59.2 Å². The van der Waals surface area contributed by atoms with E-state index in [1.807, 2.05) is 63.2 Å². The summed E-state index contributed by atoms with van der Waals surface area (Å²) in [5.41, 5.74) is 4.81. The van der Waals surface area contributed by atoms with E-state index >= 15 is 0 Å². The molecule has 2 amide bonds. The molecule has 0 atom stereocenters. The summed E-state index contributed by atoms with van der Waals surface area (Å²) in [6.07, 6.45) is -0.173. The van der Waals surface area contributed by atoms with Gasteiger partial charge in [-0.15, -0.1) is 0 Å². The topological polar surface area (TPSA) is 49.4 Å². The van der Waals surface area contributed by atoms with Crippen LogP contribution in [0.3, 0.4) is 0 Å². The van der Waals surface area contributed by atoms with Gasteiger partial charge in [0.1, 0.15) is 6.42 Å². The highest BCUT2D eigenvalue weighted by atomic mass is 16.2. The smallest absolute Gasteiger partial charge is 0.236 e. The number of amides is 2. The van der Waals surface area contributed by atoms with E-state index in [2.05, 4.69) is 19.2 Å². The van der Waals surface area contributed by atoms with Crippen molar-refractivity contribution < 1.29 is 9.59 Å². The number of nitrogens with zero attached hydrogens (tertiary/aromatic N) is 1. The lowest BCUT2D eigenvalue weighted by Crippen LogP contribution is -2.33. The summed E-state index contributed by atoms with van der Waals surface area (Å²) in [7, 11) is 0. The monoisotopic (exact) mass is 352 g/mol. The fourth-order valence-corrected chi connectivity index (χ4v) is 3.06. The van der Waals surface area contributed by atoms with Crippen LogP contribution in [0.2, 0.25) is 0 Å². The molecule has 0 heterocycles. The van der Waals surface area contributed by atoms with Crippen molar-refractivity contribution in [2.45, 2.75) is 47.0 Å². The zero-order valence-electron chi connectivity index (χ0n) is 16.3. The molecule has 0 aliphatic heterocycles. The van der Waals surface area contributed by atoms with Crippen LogP contribution in [0.1, 0.15) is 49.8 Å². The van der Waals surface area contributed by atoms with Gasteiger partial charge in [0, 0.05) is 17.9 Å². The summed E-state index contributed by atoms with van der Waals surface area (Å²) in [4.78, 5) is 26.8. The highest BCUT2D eigenvalue weighted by Crippen LogP contribution is 2.27. The minimum atomic E-state index is -0.280. The molecule has 0 saturated heterocycles. The molecule has 0 saturated carbocycles. The van der Waals surface area contributed by atoms with E-state index in [1.165, 1.54) is 0 Å². The van der Waals surface area contributed by atoms with E-state index in [9.17, 15) is 9.59 Å². The lowest BCUT2D eigenvalue weighted by atomic mass is 9.98. The average molecular weight is 352 g/mol. The normalized spacial score (nSPS) is 10.7. The van der Waals surface area contributed by atoms with Crippen LogP contribution in [-0.2, 0) is 9.59 Å². The molecule has 2 aromatic carbocycles. The van der Waals surface area contributed by atoms with Crippen LogP contribution >= 0.6 is 0 Å². The van der Waals surface area contributed by atoms with Gasteiger partial charge < -0.3 is 10.2 Å². The first-order valence-corrected chi connectivity index (χ1v) is 9.09. The third-order valence-corrected chi connectivity index (χ3v) is 4.43. The molecule has 0 spiro atoms. The van der Waals surface area contributed by atoms with Crippen LogP contribution in [0, 0.1) is 13.8 Å². The summed E-state index contributed by atoms with van der Waals surface area (Å²) >= 11 is 0. The highest BCUT2D eigenvalue weighted by Gasteiger charge is 2.19. The predicted molar refractivity (Wildman–Crippen MR) is 108 cm³/mol. The van der Waals surface area contributed by atoms with Gasteiger partial charge >= 0.3 is 0 Å². The van der Waals surface area contributed by atoms with Gasteiger partial charge in [0.05, 0.1) is 0 Å². The fraction of sp³-hybridized carbons (Fsp3) is 0.364. The van der Waals surface area contributed by atoms with Crippen molar-refractivity contribution in [2.24, 2.45) is 0 Å². The quantitative estimate of drug-likeness (QED) is 0.759. The Balaban J connectivity index is 2.13. The van der Waals surface area contributed by atoms with Gasteiger partial charge in [0.2, 0.25) is 11.8 Å². The van der Waals surface area contributed by atoms with E-state index in [1.54, 1.807) is 4.90 Å². The number of rotatable bonds is 6. The second-order valence-electron chi connectivity index (χ2n) is 6.90. The molecule has 0 aromatic heterocycles. The van der Waals surface area contributed by atoms with Gasteiger partial charge in [-0.05, 0) is 55.5 Å². The van der Waals surface area contributed by atoms with Crippen LogP contribution in [-0.4, -0.2) is 18.4 Å². The number of nitrogens with one attached hydrogen (secondary N) is 1. The zero-order valence-corrected chi connectivity index (χ0v) is 16.3. The first-order chi connectivity index (χ1) is 12.3. The minimum absolute atomic E-state index is 0.173. The average Bonchev–Trinajstić information content (AvgIpc) is 2.57. The maximum Gasteiger partial charge on any atom is 0.236 e. The van der Waals surface area contributed by atoms with Gasteiger partial charge in [0.15, 0.2) is 0 Å². The molecule has 0 aliphatic rings. The molecule has 0 radical (unpaired) electrons. The zero-order chi connectivity index (χ0) is 19.3. The van der Waals surface area contributed by atoms with E-state index < -0.39 is 0 Å². The number of para-hydroxylation sites is 1. The van der Waals surface area contributed by atoms with E-state index in [0.717, 1.165) is 28.1 Å². The van der Waals surface area contributed by atoms with Crippen molar-refractivity contribution in [3.8, 4) is 0 Å². The number of anilines is 2. The Bertz CT molecular complexity index is 796. The Hall–Kier alpha value is -2.62. The SMILES string of the molecule is CCN(C(=O)CC(=O)Nc1c(C)cccc1C(C)C)c1cccc(C)c1. The molecule has 1 N–H and O–H groups in total. The largest absolute Gasteiger partial charge is 0.325 e. The number of carbonyl (C=O) groups excluding carboxylic acids is 2. The highest BCUT2D eigenvalue weighted by molar-refractivity contribution is 6.09. The minimum Gasteiger partial charge on any atom is -0.325 e. The van der Waals surface area contributed by atoms with Gasteiger partial charge in [0.25, 0.3) is 0 Å². The Morgan fingerprint density at radius 3 is 2.38 bits per heavy atom. The summed E-state index contributed by atoms with van der Waals surface area (Å²) < 4.78 is 0. The summed E-state index contributed by atoms with van der Waals surface area (Å²) in [6.45, 7) is 10.6. The predicted octanol–water partition coefficient (Wildman–Crippen LogP) is 4.81. The van der Waals surface area contributed by atoms with Crippen LogP contribution in [0.15, 0.2) is 42.5 Å². The van der Waals surface area contributed by atoms with Gasteiger partial charge in [-0.2, -0.15) is 0 Å². The number of carbonyl (C=O) groups is 2. The Kier molecular flexibility index (Phi) is 6.56. The Morgan fingerprint density at radius 1 is 1.08 bits per heavy atom. The maximum atomic E-state index is 12.7.